The van der Waals surface area contributed by atoms with Crippen molar-refractivity contribution in [3.05, 3.63) is 57.7 Å². The second-order valence-corrected chi connectivity index (χ2v) is 5.68. The first-order chi connectivity index (χ1) is 9.47. The van der Waals surface area contributed by atoms with Gasteiger partial charge in [0, 0.05) is 29.8 Å². The third-order valence-electron chi connectivity index (χ3n) is 3.04. The predicted molar refractivity (Wildman–Crippen MR) is 86.2 cm³/mol. The van der Waals surface area contributed by atoms with Crippen molar-refractivity contribution in [2.75, 3.05) is 11.9 Å². The van der Waals surface area contributed by atoms with E-state index in [1.807, 2.05) is 44.3 Å². The minimum atomic E-state index is 0.0902. The van der Waals surface area contributed by atoms with Gasteiger partial charge in [0.1, 0.15) is 11.7 Å². The number of amidine groups is 1. The fourth-order valence-corrected chi connectivity index (χ4v) is 2.56. The Kier molecular flexibility index (Phi) is 4.39. The van der Waals surface area contributed by atoms with Gasteiger partial charge in [-0.3, -0.25) is 5.41 Å². The molecule has 0 spiro atoms. The molecule has 0 aliphatic rings. The number of aromatic nitrogens is 1. The van der Waals surface area contributed by atoms with Gasteiger partial charge in [-0.1, -0.05) is 18.2 Å². The fraction of sp³-hybridized carbons (Fsp3) is 0.200. The van der Waals surface area contributed by atoms with Crippen LogP contribution >= 0.6 is 15.9 Å². The van der Waals surface area contributed by atoms with Crippen LogP contribution in [0, 0.1) is 12.3 Å². The van der Waals surface area contributed by atoms with Crippen LogP contribution in [0.2, 0.25) is 0 Å². The van der Waals surface area contributed by atoms with Crippen LogP contribution in [0.15, 0.2) is 41.0 Å². The van der Waals surface area contributed by atoms with Crippen LogP contribution in [-0.2, 0) is 6.54 Å². The molecule has 5 heteroatoms. The SMILES string of the molecule is Cc1cc(Br)cnc1N(C)Cc1cccc(C(=N)N)c1. The minimum absolute atomic E-state index is 0.0902. The number of benzene rings is 1. The van der Waals surface area contributed by atoms with Crippen LogP contribution in [0.5, 0.6) is 0 Å². The van der Waals surface area contributed by atoms with E-state index in [1.165, 1.54) is 0 Å². The maximum absolute atomic E-state index is 7.48. The molecular weight excluding hydrogens is 316 g/mol. The van der Waals surface area contributed by atoms with Crippen LogP contribution in [0.4, 0.5) is 5.82 Å². The number of nitrogens with zero attached hydrogens (tertiary/aromatic N) is 2. The maximum Gasteiger partial charge on any atom is 0.131 e. The standard InChI is InChI=1S/C15H17BrN4/c1-10-6-13(16)8-19-15(10)20(2)9-11-4-3-5-12(7-11)14(17)18/h3-8H,9H2,1-2H3,(H3,17,18). The molecule has 3 N–H and O–H groups in total. The van der Waals surface area contributed by atoms with Crippen LogP contribution in [0.1, 0.15) is 16.7 Å². The lowest BCUT2D eigenvalue weighted by Gasteiger charge is -2.20. The third-order valence-corrected chi connectivity index (χ3v) is 3.47. The minimum Gasteiger partial charge on any atom is -0.384 e. The van der Waals surface area contributed by atoms with E-state index in [2.05, 4.69) is 25.8 Å². The summed E-state index contributed by atoms with van der Waals surface area (Å²) in [6.07, 6.45) is 1.80. The van der Waals surface area contributed by atoms with Crippen LogP contribution in [0.25, 0.3) is 0 Å². The molecule has 0 amide bonds. The summed E-state index contributed by atoms with van der Waals surface area (Å²) in [5.41, 5.74) is 8.48. The van der Waals surface area contributed by atoms with Gasteiger partial charge in [0.25, 0.3) is 0 Å². The first-order valence-electron chi connectivity index (χ1n) is 6.24. The average molecular weight is 333 g/mol. The van der Waals surface area contributed by atoms with Crippen molar-refractivity contribution >= 4 is 27.6 Å². The zero-order valence-electron chi connectivity index (χ0n) is 11.5. The fourth-order valence-electron chi connectivity index (χ4n) is 2.12. The molecule has 4 nitrogen and oxygen atoms in total. The molecule has 0 aliphatic heterocycles. The van der Waals surface area contributed by atoms with E-state index in [4.69, 9.17) is 11.1 Å². The number of aryl methyl sites for hydroxylation is 1. The Bertz CT molecular complexity index is 640. The highest BCUT2D eigenvalue weighted by Gasteiger charge is 2.08. The summed E-state index contributed by atoms with van der Waals surface area (Å²) >= 11 is 3.42. The van der Waals surface area contributed by atoms with Crippen LogP contribution < -0.4 is 10.6 Å². The lowest BCUT2D eigenvalue weighted by molar-refractivity contribution is 0.889. The van der Waals surface area contributed by atoms with Crippen molar-refractivity contribution in [2.24, 2.45) is 5.73 Å². The van der Waals surface area contributed by atoms with Gasteiger partial charge in [-0.25, -0.2) is 4.98 Å². The molecule has 1 heterocycles. The van der Waals surface area contributed by atoms with Crippen molar-refractivity contribution < 1.29 is 0 Å². The van der Waals surface area contributed by atoms with Gasteiger partial charge < -0.3 is 10.6 Å². The summed E-state index contributed by atoms with van der Waals surface area (Å²) in [6.45, 7) is 2.76. The maximum atomic E-state index is 7.48. The van der Waals surface area contributed by atoms with Crippen molar-refractivity contribution in [2.45, 2.75) is 13.5 Å². The summed E-state index contributed by atoms with van der Waals surface area (Å²) in [7, 11) is 2.00. The zero-order valence-corrected chi connectivity index (χ0v) is 13.1. The molecule has 1 aromatic carbocycles. The van der Waals surface area contributed by atoms with Crippen LogP contribution in [0.3, 0.4) is 0 Å². The molecular formula is C15H17BrN4. The zero-order chi connectivity index (χ0) is 14.7. The van der Waals surface area contributed by atoms with Gasteiger partial charge in [-0.15, -0.1) is 0 Å². The van der Waals surface area contributed by atoms with Gasteiger partial charge in [0.05, 0.1) is 0 Å². The molecule has 0 atom stereocenters. The molecule has 2 aromatic rings. The number of rotatable bonds is 4. The van der Waals surface area contributed by atoms with E-state index < -0.39 is 0 Å². The summed E-state index contributed by atoms with van der Waals surface area (Å²) in [4.78, 5) is 6.53. The average Bonchev–Trinajstić information content (AvgIpc) is 2.38. The second-order valence-electron chi connectivity index (χ2n) is 4.76. The van der Waals surface area contributed by atoms with Gasteiger partial charge in [-0.05, 0) is 46.1 Å². The van der Waals surface area contributed by atoms with Crippen molar-refractivity contribution in [3.8, 4) is 0 Å². The van der Waals surface area contributed by atoms with E-state index >= 15 is 0 Å². The number of nitrogens with one attached hydrogen (secondary N) is 1. The van der Waals surface area contributed by atoms with Gasteiger partial charge in [0.2, 0.25) is 0 Å². The summed E-state index contributed by atoms with van der Waals surface area (Å²) < 4.78 is 0.978. The quantitative estimate of drug-likeness (QED) is 0.667. The Morgan fingerprint density at radius 2 is 2.15 bits per heavy atom. The number of halogens is 1. The lowest BCUT2D eigenvalue weighted by atomic mass is 10.1. The third kappa shape index (κ3) is 3.36. The van der Waals surface area contributed by atoms with E-state index in [9.17, 15) is 0 Å². The first-order valence-corrected chi connectivity index (χ1v) is 7.03. The molecule has 0 aliphatic carbocycles. The lowest BCUT2D eigenvalue weighted by Crippen LogP contribution is -2.19. The molecule has 0 saturated heterocycles. The van der Waals surface area contributed by atoms with Crippen molar-refractivity contribution in [3.63, 3.8) is 0 Å². The molecule has 0 bridgehead atoms. The Labute approximate surface area is 127 Å². The first kappa shape index (κ1) is 14.5. The molecule has 0 unspecified atom stereocenters. The highest BCUT2D eigenvalue weighted by atomic mass is 79.9. The largest absolute Gasteiger partial charge is 0.384 e. The molecule has 0 saturated carbocycles. The number of pyridine rings is 1. The van der Waals surface area contributed by atoms with E-state index in [0.717, 1.165) is 33.5 Å². The molecule has 0 radical (unpaired) electrons. The van der Waals surface area contributed by atoms with Gasteiger partial charge in [-0.2, -0.15) is 0 Å². The highest BCUT2D eigenvalue weighted by Crippen LogP contribution is 2.21. The van der Waals surface area contributed by atoms with Gasteiger partial charge >= 0.3 is 0 Å². The molecule has 2 rings (SSSR count). The molecule has 1 aromatic heterocycles. The van der Waals surface area contributed by atoms with Crippen LogP contribution in [-0.4, -0.2) is 17.9 Å². The number of anilines is 1. The van der Waals surface area contributed by atoms with E-state index in [-0.39, 0.29) is 5.84 Å². The predicted octanol–water partition coefficient (Wildman–Crippen LogP) is 3.07. The molecule has 20 heavy (non-hydrogen) atoms. The number of hydrogen-bond donors (Lipinski definition) is 2. The Morgan fingerprint density at radius 3 is 2.80 bits per heavy atom. The monoisotopic (exact) mass is 332 g/mol. The molecule has 104 valence electrons. The Balaban J connectivity index is 2.21. The normalized spacial score (nSPS) is 10.3. The number of nitrogen functional groups attached to an aromatic ring is 1. The topological polar surface area (TPSA) is 66.0 Å². The Morgan fingerprint density at radius 1 is 1.40 bits per heavy atom. The second kappa shape index (κ2) is 6.05. The van der Waals surface area contributed by atoms with Crippen molar-refractivity contribution in [1.29, 1.82) is 5.41 Å². The smallest absolute Gasteiger partial charge is 0.131 e. The van der Waals surface area contributed by atoms with Gasteiger partial charge in [0.15, 0.2) is 0 Å². The number of hydrogen-bond acceptors (Lipinski definition) is 3. The summed E-state index contributed by atoms with van der Waals surface area (Å²) in [5, 5.41) is 7.48. The van der Waals surface area contributed by atoms with E-state index in [0.29, 0.717) is 0 Å². The molecule has 0 fully saturated rings. The summed E-state index contributed by atoms with van der Waals surface area (Å²) in [5.74, 6) is 1.04. The van der Waals surface area contributed by atoms with Crippen molar-refractivity contribution in [1.82, 2.24) is 4.98 Å². The Hall–Kier alpha value is -1.88. The highest BCUT2D eigenvalue weighted by molar-refractivity contribution is 9.10. The van der Waals surface area contributed by atoms with E-state index in [1.54, 1.807) is 6.20 Å². The number of nitrogens with two attached hydrogens (primary N) is 1. The summed E-state index contributed by atoms with van der Waals surface area (Å²) in [6, 6.07) is 9.77.